The number of sulfonamides is 1. The number of piperidine rings is 2. The Morgan fingerprint density at radius 2 is 1.88 bits per heavy atom. The van der Waals surface area contributed by atoms with Gasteiger partial charge in [0.05, 0.1) is 24.9 Å². The van der Waals surface area contributed by atoms with Gasteiger partial charge in [-0.3, -0.25) is 4.79 Å². The third-order valence-electron chi connectivity index (χ3n) is 7.01. The molecule has 176 valence electrons. The van der Waals surface area contributed by atoms with Crippen LogP contribution in [0.25, 0.3) is 11.1 Å². The number of hydrogen-bond donors (Lipinski definition) is 1. The fourth-order valence-electron chi connectivity index (χ4n) is 5.32. The maximum Gasteiger partial charge on any atom is 0.252 e. The van der Waals surface area contributed by atoms with Crippen LogP contribution in [0.2, 0.25) is 0 Å². The Morgan fingerprint density at radius 1 is 1.18 bits per heavy atom. The minimum absolute atomic E-state index is 0.0136. The summed E-state index contributed by atoms with van der Waals surface area (Å²) in [5, 5.41) is 0. The van der Waals surface area contributed by atoms with Gasteiger partial charge >= 0.3 is 0 Å². The van der Waals surface area contributed by atoms with Crippen molar-refractivity contribution in [3.05, 3.63) is 59.9 Å². The van der Waals surface area contributed by atoms with Crippen LogP contribution in [0.1, 0.15) is 24.8 Å². The molecule has 0 unspecified atom stereocenters. The molecule has 2 aromatic carbocycles. The number of benzene rings is 2. The molecule has 0 radical (unpaired) electrons. The number of carbonyl (C=O) groups is 1. The van der Waals surface area contributed by atoms with E-state index in [1.165, 1.54) is 0 Å². The number of ether oxygens (including phenoxy) is 1. The molecule has 0 aromatic heterocycles. The molecule has 1 N–H and O–H groups in total. The molecule has 3 aliphatic heterocycles. The molecule has 3 atom stereocenters. The zero-order chi connectivity index (χ0) is 23.4. The summed E-state index contributed by atoms with van der Waals surface area (Å²) in [6.07, 6.45) is 1.02. The molecule has 1 saturated carbocycles. The first-order chi connectivity index (χ1) is 15.7. The maximum absolute atomic E-state index is 15.7. The normalized spacial score (nSPS) is 30.9. The number of alkyl halides is 1. The summed E-state index contributed by atoms with van der Waals surface area (Å²) in [6, 6.07) is 11.7. The Balaban J connectivity index is 1.53. The number of carbonyl (C=O) groups excluding carboxylic acids is 1. The first-order valence-corrected chi connectivity index (χ1v) is 13.0. The SMILES string of the molecule is CS(=O)(=O)N[C@@H]1[C@H](Cc2cccc(-c3ccccc3)c2F)N(C(=O)[C@H]2CCO2)C2CC1(F)C2. The zero-order valence-corrected chi connectivity index (χ0v) is 19.0. The van der Waals surface area contributed by atoms with Crippen LogP contribution < -0.4 is 4.72 Å². The number of hydrogen-bond acceptors (Lipinski definition) is 4. The Bertz CT molecular complexity index is 1160. The van der Waals surface area contributed by atoms with Crippen LogP contribution in [0.3, 0.4) is 0 Å². The van der Waals surface area contributed by atoms with E-state index in [2.05, 4.69) is 4.72 Å². The molecule has 3 saturated heterocycles. The Hall–Kier alpha value is -2.36. The van der Waals surface area contributed by atoms with Crippen LogP contribution in [0.4, 0.5) is 8.78 Å². The van der Waals surface area contributed by atoms with Crippen molar-refractivity contribution in [3.63, 3.8) is 0 Å². The molecule has 9 heteroatoms. The quantitative estimate of drug-likeness (QED) is 0.696. The van der Waals surface area contributed by atoms with Crippen LogP contribution in [0.15, 0.2) is 48.5 Å². The molecule has 4 fully saturated rings. The Labute approximate surface area is 192 Å². The van der Waals surface area contributed by atoms with Crippen molar-refractivity contribution in [1.82, 2.24) is 9.62 Å². The molecule has 33 heavy (non-hydrogen) atoms. The van der Waals surface area contributed by atoms with E-state index in [-0.39, 0.29) is 31.2 Å². The van der Waals surface area contributed by atoms with Gasteiger partial charge in [-0.2, -0.15) is 0 Å². The molecule has 6 nitrogen and oxygen atoms in total. The number of halogens is 2. The monoisotopic (exact) mass is 476 g/mol. The zero-order valence-electron chi connectivity index (χ0n) is 18.2. The van der Waals surface area contributed by atoms with Crippen molar-refractivity contribution in [2.75, 3.05) is 12.9 Å². The summed E-state index contributed by atoms with van der Waals surface area (Å²) in [5.74, 6) is -0.737. The highest BCUT2D eigenvalue weighted by atomic mass is 32.2. The second-order valence-electron chi connectivity index (χ2n) is 9.27. The fourth-order valence-corrected chi connectivity index (χ4v) is 6.15. The number of rotatable bonds is 6. The van der Waals surface area contributed by atoms with Crippen LogP contribution >= 0.6 is 0 Å². The molecule has 6 rings (SSSR count). The highest BCUT2D eigenvalue weighted by Crippen LogP contribution is 2.50. The first-order valence-electron chi connectivity index (χ1n) is 11.1. The van der Waals surface area contributed by atoms with E-state index in [9.17, 15) is 13.2 Å². The summed E-state index contributed by atoms with van der Waals surface area (Å²) in [7, 11) is -3.77. The minimum atomic E-state index is -3.77. The average molecular weight is 477 g/mol. The second kappa shape index (κ2) is 8.14. The molecule has 1 amide bonds. The largest absolute Gasteiger partial charge is 0.368 e. The van der Waals surface area contributed by atoms with Crippen LogP contribution in [0.5, 0.6) is 0 Å². The van der Waals surface area contributed by atoms with Gasteiger partial charge in [0.2, 0.25) is 10.0 Å². The molecule has 2 aromatic rings. The Kier molecular flexibility index (Phi) is 5.54. The van der Waals surface area contributed by atoms with E-state index < -0.39 is 39.7 Å². The predicted molar refractivity (Wildman–Crippen MR) is 119 cm³/mol. The average Bonchev–Trinajstić information content (AvgIpc) is 2.69. The van der Waals surface area contributed by atoms with Crippen molar-refractivity contribution >= 4 is 15.9 Å². The standard InChI is InChI=1S/C24H26F2N2O4S/c1-33(30,31)27-22-19(28(17-13-24(22,26)14-17)23(29)20-10-11-32-20)12-16-8-5-9-18(21(16)25)15-6-3-2-4-7-15/h2-9,17,19-20,22,27H,10-14H2,1H3/t17?,19-,20+,22+,24?/m0/s1. The number of nitrogens with zero attached hydrogens (tertiary/aromatic N) is 1. The third kappa shape index (κ3) is 4.06. The third-order valence-corrected chi connectivity index (χ3v) is 7.69. The summed E-state index contributed by atoms with van der Waals surface area (Å²) in [4.78, 5) is 14.8. The van der Waals surface area contributed by atoms with Crippen molar-refractivity contribution in [2.45, 2.75) is 55.6 Å². The van der Waals surface area contributed by atoms with Gasteiger partial charge < -0.3 is 9.64 Å². The molecule has 2 bridgehead atoms. The smallest absolute Gasteiger partial charge is 0.252 e. The summed E-state index contributed by atoms with van der Waals surface area (Å²) >= 11 is 0. The van der Waals surface area contributed by atoms with E-state index in [0.717, 1.165) is 6.26 Å². The van der Waals surface area contributed by atoms with Crippen molar-refractivity contribution in [1.29, 1.82) is 0 Å². The maximum atomic E-state index is 15.7. The van der Waals surface area contributed by atoms with Gasteiger partial charge in [0, 0.05) is 30.9 Å². The lowest BCUT2D eigenvalue weighted by Crippen LogP contribution is -2.78. The summed E-state index contributed by atoms with van der Waals surface area (Å²) in [6.45, 7) is 0.478. The van der Waals surface area contributed by atoms with E-state index in [0.29, 0.717) is 29.7 Å². The van der Waals surface area contributed by atoms with E-state index in [1.807, 2.05) is 18.2 Å². The fraction of sp³-hybridized carbons (Fsp3) is 0.458. The topological polar surface area (TPSA) is 75.7 Å². The van der Waals surface area contributed by atoms with Crippen LogP contribution in [-0.4, -0.2) is 62.0 Å². The van der Waals surface area contributed by atoms with Crippen LogP contribution in [-0.2, 0) is 26.0 Å². The highest BCUT2D eigenvalue weighted by Gasteiger charge is 2.64. The molecular weight excluding hydrogens is 450 g/mol. The van der Waals surface area contributed by atoms with Crippen molar-refractivity contribution in [3.8, 4) is 11.1 Å². The van der Waals surface area contributed by atoms with Gasteiger partial charge in [-0.25, -0.2) is 21.9 Å². The summed E-state index contributed by atoms with van der Waals surface area (Å²) in [5.41, 5.74) is -0.369. The molecular formula is C24H26F2N2O4S. The first kappa shape index (κ1) is 22.4. The summed E-state index contributed by atoms with van der Waals surface area (Å²) < 4.78 is 63.3. The van der Waals surface area contributed by atoms with Crippen molar-refractivity contribution in [2.24, 2.45) is 0 Å². The predicted octanol–water partition coefficient (Wildman–Crippen LogP) is 2.82. The lowest BCUT2D eigenvalue weighted by Gasteiger charge is -2.61. The Morgan fingerprint density at radius 3 is 2.48 bits per heavy atom. The number of amides is 1. The van der Waals surface area contributed by atoms with Gasteiger partial charge in [0.25, 0.3) is 5.91 Å². The van der Waals surface area contributed by atoms with E-state index in [1.54, 1.807) is 35.2 Å². The number of nitrogens with one attached hydrogen (secondary N) is 1. The van der Waals surface area contributed by atoms with Gasteiger partial charge in [0.1, 0.15) is 17.6 Å². The van der Waals surface area contributed by atoms with Gasteiger partial charge in [-0.05, 0) is 17.5 Å². The molecule has 3 heterocycles. The van der Waals surface area contributed by atoms with E-state index >= 15 is 8.78 Å². The van der Waals surface area contributed by atoms with Gasteiger partial charge in [-0.1, -0.05) is 48.5 Å². The lowest BCUT2D eigenvalue weighted by atomic mass is 9.64. The number of fused-ring (bicyclic) bond motifs is 2. The lowest BCUT2D eigenvalue weighted by molar-refractivity contribution is -0.186. The second-order valence-corrected chi connectivity index (χ2v) is 11.1. The van der Waals surface area contributed by atoms with Gasteiger partial charge in [0.15, 0.2) is 0 Å². The van der Waals surface area contributed by atoms with Crippen molar-refractivity contribution < 1.29 is 26.7 Å². The highest BCUT2D eigenvalue weighted by molar-refractivity contribution is 7.88. The van der Waals surface area contributed by atoms with Crippen LogP contribution in [0, 0.1) is 5.82 Å². The van der Waals surface area contributed by atoms with Gasteiger partial charge in [-0.15, -0.1) is 0 Å². The van der Waals surface area contributed by atoms with E-state index in [4.69, 9.17) is 4.74 Å². The molecule has 0 spiro atoms. The molecule has 1 aliphatic carbocycles. The minimum Gasteiger partial charge on any atom is -0.368 e. The molecule has 4 aliphatic rings.